The van der Waals surface area contributed by atoms with Gasteiger partial charge in [-0.2, -0.15) is 5.10 Å². The molecule has 0 saturated carbocycles. The van der Waals surface area contributed by atoms with Gasteiger partial charge in [0.1, 0.15) is 6.20 Å². The second-order valence-electron chi connectivity index (χ2n) is 3.43. The maximum Gasteiger partial charge on any atom is 0.320 e. The van der Waals surface area contributed by atoms with Crippen LogP contribution in [0.4, 0.5) is 5.69 Å². The average Bonchev–Trinajstić information content (AvgIpc) is 2.73. The van der Waals surface area contributed by atoms with E-state index in [0.717, 1.165) is 6.20 Å². The Balaban J connectivity index is 3.22. The van der Waals surface area contributed by atoms with E-state index in [0.29, 0.717) is 19.6 Å². The Morgan fingerprint density at radius 2 is 2.06 bits per heavy atom. The molecular weight excluding hydrogens is 224 g/mol. The molecule has 0 N–H and O–H groups in total. The van der Waals surface area contributed by atoms with Crippen LogP contribution in [0.3, 0.4) is 0 Å². The number of nitro groups is 1. The molecule has 1 amide bonds. The summed E-state index contributed by atoms with van der Waals surface area (Å²) in [6, 6.07) is 0. The van der Waals surface area contributed by atoms with Gasteiger partial charge in [-0.15, -0.1) is 0 Å². The van der Waals surface area contributed by atoms with Crippen molar-refractivity contribution in [2.45, 2.75) is 27.3 Å². The van der Waals surface area contributed by atoms with Crippen LogP contribution >= 0.6 is 0 Å². The maximum atomic E-state index is 12.1. The van der Waals surface area contributed by atoms with Crippen molar-refractivity contribution in [1.82, 2.24) is 14.7 Å². The first-order valence-electron chi connectivity index (χ1n) is 5.56. The van der Waals surface area contributed by atoms with Crippen LogP contribution in [0, 0.1) is 10.1 Å². The third kappa shape index (κ3) is 2.43. The lowest BCUT2D eigenvalue weighted by Crippen LogP contribution is -2.32. The predicted octanol–water partition coefficient (Wildman–Crippen LogP) is 1.29. The summed E-state index contributed by atoms with van der Waals surface area (Å²) in [5, 5.41) is 14.7. The van der Waals surface area contributed by atoms with Crippen molar-refractivity contribution in [2.24, 2.45) is 0 Å². The highest BCUT2D eigenvalue weighted by atomic mass is 16.6. The first kappa shape index (κ1) is 13.1. The Bertz CT molecular complexity index is 423. The molecular formula is C10H16N4O3. The van der Waals surface area contributed by atoms with Gasteiger partial charge in [-0.05, 0) is 20.8 Å². The molecule has 94 valence electrons. The predicted molar refractivity (Wildman–Crippen MR) is 61.8 cm³/mol. The monoisotopic (exact) mass is 240 g/mol. The van der Waals surface area contributed by atoms with Gasteiger partial charge >= 0.3 is 5.69 Å². The van der Waals surface area contributed by atoms with Crippen LogP contribution < -0.4 is 0 Å². The zero-order chi connectivity index (χ0) is 13.0. The van der Waals surface area contributed by atoms with Crippen molar-refractivity contribution in [2.75, 3.05) is 13.1 Å². The summed E-state index contributed by atoms with van der Waals surface area (Å²) in [6.45, 7) is 6.91. The fourth-order valence-electron chi connectivity index (χ4n) is 1.63. The van der Waals surface area contributed by atoms with Crippen LogP contribution in [-0.4, -0.2) is 38.6 Å². The lowest BCUT2D eigenvalue weighted by Gasteiger charge is -2.18. The van der Waals surface area contributed by atoms with E-state index in [-0.39, 0.29) is 17.3 Å². The summed E-state index contributed by atoms with van der Waals surface area (Å²) in [6.07, 6.45) is 1.13. The third-order valence-electron chi connectivity index (χ3n) is 2.57. The number of aromatic nitrogens is 2. The molecule has 0 atom stereocenters. The van der Waals surface area contributed by atoms with Gasteiger partial charge in [0.2, 0.25) is 5.69 Å². The van der Waals surface area contributed by atoms with E-state index in [1.807, 2.05) is 13.8 Å². The molecule has 0 radical (unpaired) electrons. The molecule has 1 rings (SSSR count). The summed E-state index contributed by atoms with van der Waals surface area (Å²) >= 11 is 0. The van der Waals surface area contributed by atoms with Crippen LogP contribution in [-0.2, 0) is 6.54 Å². The van der Waals surface area contributed by atoms with Crippen molar-refractivity contribution in [3.05, 3.63) is 22.0 Å². The third-order valence-corrected chi connectivity index (χ3v) is 2.57. The van der Waals surface area contributed by atoms with Crippen molar-refractivity contribution in [1.29, 1.82) is 0 Å². The Hall–Kier alpha value is -1.92. The number of hydrogen-bond acceptors (Lipinski definition) is 4. The van der Waals surface area contributed by atoms with E-state index < -0.39 is 4.92 Å². The summed E-state index contributed by atoms with van der Waals surface area (Å²) < 4.78 is 1.36. The molecule has 7 heteroatoms. The van der Waals surface area contributed by atoms with Gasteiger partial charge in [0, 0.05) is 19.6 Å². The molecule has 0 aromatic carbocycles. The molecule has 0 aliphatic carbocycles. The summed E-state index contributed by atoms with van der Waals surface area (Å²) in [5.74, 6) is -0.346. The second kappa shape index (κ2) is 5.42. The quantitative estimate of drug-likeness (QED) is 0.573. The van der Waals surface area contributed by atoms with Gasteiger partial charge < -0.3 is 4.90 Å². The normalized spacial score (nSPS) is 10.3. The van der Waals surface area contributed by atoms with Crippen molar-refractivity contribution >= 4 is 11.6 Å². The van der Waals surface area contributed by atoms with Crippen LogP contribution in [0.25, 0.3) is 0 Å². The number of amides is 1. The lowest BCUT2D eigenvalue weighted by molar-refractivity contribution is -0.385. The van der Waals surface area contributed by atoms with Gasteiger partial charge in [-0.1, -0.05) is 0 Å². The number of nitrogens with zero attached hydrogens (tertiary/aromatic N) is 4. The minimum absolute atomic E-state index is 0.0567. The average molecular weight is 240 g/mol. The first-order chi connectivity index (χ1) is 8.06. The fraction of sp³-hybridized carbons (Fsp3) is 0.600. The maximum absolute atomic E-state index is 12.1. The van der Waals surface area contributed by atoms with Crippen LogP contribution in [0.2, 0.25) is 0 Å². The fourth-order valence-corrected chi connectivity index (χ4v) is 1.63. The van der Waals surface area contributed by atoms with E-state index in [4.69, 9.17) is 0 Å². The number of rotatable bonds is 5. The lowest BCUT2D eigenvalue weighted by atomic mass is 10.3. The zero-order valence-corrected chi connectivity index (χ0v) is 10.2. The van der Waals surface area contributed by atoms with Gasteiger partial charge in [-0.25, -0.2) is 0 Å². The zero-order valence-electron chi connectivity index (χ0n) is 10.2. The second-order valence-corrected chi connectivity index (χ2v) is 3.43. The molecule has 0 saturated heterocycles. The van der Waals surface area contributed by atoms with Crippen LogP contribution in [0.1, 0.15) is 31.3 Å². The minimum atomic E-state index is -0.574. The molecule has 17 heavy (non-hydrogen) atoms. The van der Waals surface area contributed by atoms with Crippen LogP contribution in [0.15, 0.2) is 6.20 Å². The van der Waals surface area contributed by atoms with E-state index in [9.17, 15) is 14.9 Å². The number of hydrogen-bond donors (Lipinski definition) is 0. The Labute approximate surface area is 99.2 Å². The van der Waals surface area contributed by atoms with Gasteiger partial charge in [0.05, 0.1) is 4.92 Å². The molecule has 0 aliphatic rings. The number of carbonyl (C=O) groups is 1. The van der Waals surface area contributed by atoms with E-state index in [1.165, 1.54) is 9.58 Å². The first-order valence-corrected chi connectivity index (χ1v) is 5.56. The summed E-state index contributed by atoms with van der Waals surface area (Å²) in [5.41, 5.74) is -0.176. The van der Waals surface area contributed by atoms with E-state index >= 15 is 0 Å². The van der Waals surface area contributed by atoms with E-state index in [1.54, 1.807) is 6.92 Å². The molecule has 7 nitrogen and oxygen atoms in total. The summed E-state index contributed by atoms with van der Waals surface area (Å²) in [7, 11) is 0. The minimum Gasteiger partial charge on any atom is -0.338 e. The topological polar surface area (TPSA) is 81.3 Å². The number of aryl methyl sites for hydroxylation is 1. The molecule has 1 aromatic rings. The van der Waals surface area contributed by atoms with Gasteiger partial charge in [0.25, 0.3) is 5.91 Å². The Kier molecular flexibility index (Phi) is 4.19. The SMILES string of the molecule is CCN(CC)C(=O)c1c([N+](=O)[O-])cnn1CC. The standard InChI is InChI=1S/C10H16N4O3/c1-4-12(5-2)10(15)9-8(14(16)17)7-11-13(9)6-3/h7H,4-6H2,1-3H3. The van der Waals surface area contributed by atoms with Crippen molar-refractivity contribution in [3.63, 3.8) is 0 Å². The largest absolute Gasteiger partial charge is 0.338 e. The highest BCUT2D eigenvalue weighted by molar-refractivity contribution is 5.96. The molecule has 1 aromatic heterocycles. The van der Waals surface area contributed by atoms with Crippen molar-refractivity contribution < 1.29 is 9.72 Å². The molecule has 0 bridgehead atoms. The molecule has 0 unspecified atom stereocenters. The van der Waals surface area contributed by atoms with E-state index in [2.05, 4.69) is 5.10 Å². The number of carbonyl (C=O) groups excluding carboxylic acids is 1. The Morgan fingerprint density at radius 1 is 1.47 bits per heavy atom. The Morgan fingerprint density at radius 3 is 2.47 bits per heavy atom. The highest BCUT2D eigenvalue weighted by Gasteiger charge is 2.28. The molecule has 1 heterocycles. The molecule has 0 spiro atoms. The van der Waals surface area contributed by atoms with Crippen LogP contribution in [0.5, 0.6) is 0 Å². The van der Waals surface area contributed by atoms with Crippen molar-refractivity contribution in [3.8, 4) is 0 Å². The molecule has 0 fully saturated rings. The highest BCUT2D eigenvalue weighted by Crippen LogP contribution is 2.19. The summed E-state index contributed by atoms with van der Waals surface area (Å²) in [4.78, 5) is 23.9. The van der Waals surface area contributed by atoms with Gasteiger partial charge in [-0.3, -0.25) is 19.6 Å². The molecule has 0 aliphatic heterocycles. The van der Waals surface area contributed by atoms with Gasteiger partial charge in [0.15, 0.2) is 0 Å². The smallest absolute Gasteiger partial charge is 0.320 e.